The van der Waals surface area contributed by atoms with Crippen LogP contribution in [0.1, 0.15) is 30.7 Å². The van der Waals surface area contributed by atoms with Crippen LogP contribution in [-0.2, 0) is 4.79 Å². The molecule has 3 rings (SSSR count). The number of nitrogens with zero attached hydrogens (tertiary/aromatic N) is 1. The summed E-state index contributed by atoms with van der Waals surface area (Å²) in [5.74, 6) is 0.548. The van der Waals surface area contributed by atoms with Crippen LogP contribution < -0.4 is 10.6 Å². The average molecular weight is 317 g/mol. The van der Waals surface area contributed by atoms with Crippen LogP contribution >= 0.6 is 0 Å². The molecule has 1 saturated carbocycles. The molecule has 1 aromatic carbocycles. The summed E-state index contributed by atoms with van der Waals surface area (Å²) >= 11 is 0. The first-order valence-electron chi connectivity index (χ1n) is 8.18. The summed E-state index contributed by atoms with van der Waals surface area (Å²) in [6.07, 6.45) is 1.90. The van der Waals surface area contributed by atoms with E-state index in [-0.39, 0.29) is 30.6 Å². The third-order valence-electron chi connectivity index (χ3n) is 4.50. The summed E-state index contributed by atoms with van der Waals surface area (Å²) in [4.78, 5) is 25.8. The van der Waals surface area contributed by atoms with E-state index in [0.29, 0.717) is 31.8 Å². The van der Waals surface area contributed by atoms with E-state index in [2.05, 4.69) is 22.8 Å². The molecule has 3 atom stereocenters. The first-order valence-corrected chi connectivity index (χ1v) is 8.18. The maximum Gasteiger partial charge on any atom is 0.315 e. The monoisotopic (exact) mass is 317 g/mol. The third kappa shape index (κ3) is 3.82. The molecule has 3 amide bonds. The Morgan fingerprint density at radius 1 is 1.30 bits per heavy atom. The average Bonchev–Trinajstić information content (AvgIpc) is 3.26. The number of rotatable bonds is 6. The van der Waals surface area contributed by atoms with Crippen molar-refractivity contribution in [2.24, 2.45) is 0 Å². The number of hydrogen-bond acceptors (Lipinski definition) is 3. The predicted octanol–water partition coefficient (Wildman–Crippen LogP) is 0.825. The van der Waals surface area contributed by atoms with Crippen molar-refractivity contribution in [1.29, 1.82) is 0 Å². The first-order chi connectivity index (χ1) is 11.2. The van der Waals surface area contributed by atoms with Crippen molar-refractivity contribution in [2.75, 3.05) is 19.7 Å². The molecule has 6 nitrogen and oxygen atoms in total. The lowest BCUT2D eigenvalue weighted by Gasteiger charge is -2.17. The minimum Gasteiger partial charge on any atom is -0.396 e. The zero-order valence-electron chi connectivity index (χ0n) is 13.1. The summed E-state index contributed by atoms with van der Waals surface area (Å²) in [7, 11) is 0. The van der Waals surface area contributed by atoms with Crippen LogP contribution in [0.25, 0.3) is 0 Å². The fraction of sp³-hybridized carbons (Fsp3) is 0.529. The summed E-state index contributed by atoms with van der Waals surface area (Å²) < 4.78 is 0. The molecular formula is C17H23N3O3. The first kappa shape index (κ1) is 15.8. The molecule has 2 fully saturated rings. The van der Waals surface area contributed by atoms with Gasteiger partial charge in [0.1, 0.15) is 0 Å². The molecule has 23 heavy (non-hydrogen) atoms. The van der Waals surface area contributed by atoms with E-state index in [1.165, 1.54) is 5.56 Å². The smallest absolute Gasteiger partial charge is 0.315 e. The van der Waals surface area contributed by atoms with Gasteiger partial charge >= 0.3 is 6.03 Å². The van der Waals surface area contributed by atoms with E-state index in [1.807, 2.05) is 23.1 Å². The van der Waals surface area contributed by atoms with Gasteiger partial charge in [-0.05, 0) is 18.4 Å². The molecule has 1 aliphatic carbocycles. The largest absolute Gasteiger partial charge is 0.396 e. The SMILES string of the molecule is O=C(NCCCO)N[C@@H]1CC(=O)N([C@@H]2C[C@H]2c2ccccc2)C1. The van der Waals surface area contributed by atoms with Gasteiger partial charge in [-0.3, -0.25) is 4.79 Å². The lowest BCUT2D eigenvalue weighted by atomic mass is 10.1. The Labute approximate surface area is 135 Å². The minimum atomic E-state index is -0.270. The molecule has 1 saturated heterocycles. The molecule has 6 heteroatoms. The molecule has 3 N–H and O–H groups in total. The number of carbonyl (C=O) groups excluding carboxylic acids is 2. The van der Waals surface area contributed by atoms with Gasteiger partial charge in [0.2, 0.25) is 5.91 Å². The number of carbonyl (C=O) groups is 2. The van der Waals surface area contributed by atoms with E-state index in [9.17, 15) is 9.59 Å². The molecule has 0 unspecified atom stereocenters. The number of likely N-dealkylation sites (tertiary alicyclic amines) is 1. The zero-order valence-corrected chi connectivity index (χ0v) is 13.1. The number of urea groups is 1. The fourth-order valence-electron chi connectivity index (χ4n) is 3.25. The standard InChI is InChI=1S/C17H23N3O3/c21-8-4-7-18-17(23)19-13-9-16(22)20(11-13)15-10-14(15)12-5-2-1-3-6-12/h1-3,5-6,13-15,21H,4,7-11H2,(H2,18,19,23)/t13-,14+,15-/m1/s1. The van der Waals surface area contributed by atoms with Gasteiger partial charge in [-0.1, -0.05) is 30.3 Å². The Kier molecular flexibility index (Phi) is 4.81. The van der Waals surface area contributed by atoms with Gasteiger partial charge in [0.25, 0.3) is 0 Å². The molecular weight excluding hydrogens is 294 g/mol. The number of aliphatic hydroxyl groups is 1. The second kappa shape index (κ2) is 7.00. The highest BCUT2D eigenvalue weighted by atomic mass is 16.3. The molecule has 2 aliphatic rings. The zero-order chi connectivity index (χ0) is 16.2. The lowest BCUT2D eigenvalue weighted by Crippen LogP contribution is -2.44. The molecule has 1 aromatic rings. The van der Waals surface area contributed by atoms with Crippen molar-refractivity contribution in [1.82, 2.24) is 15.5 Å². The highest BCUT2D eigenvalue weighted by molar-refractivity contribution is 5.82. The highest BCUT2D eigenvalue weighted by Gasteiger charge is 2.47. The van der Waals surface area contributed by atoms with Crippen LogP contribution in [-0.4, -0.2) is 53.7 Å². The van der Waals surface area contributed by atoms with Gasteiger partial charge in [-0.2, -0.15) is 0 Å². The van der Waals surface area contributed by atoms with Crippen molar-refractivity contribution in [3.8, 4) is 0 Å². The van der Waals surface area contributed by atoms with Gasteiger partial charge in [-0.25, -0.2) is 4.79 Å². The Bertz CT molecular complexity index is 563. The Balaban J connectivity index is 1.48. The van der Waals surface area contributed by atoms with Crippen LogP contribution in [0, 0.1) is 0 Å². The maximum absolute atomic E-state index is 12.2. The van der Waals surface area contributed by atoms with Crippen LogP contribution in [0.4, 0.5) is 4.79 Å². The molecule has 1 heterocycles. The summed E-state index contributed by atoms with van der Waals surface area (Å²) in [5.41, 5.74) is 1.28. The van der Waals surface area contributed by atoms with E-state index in [0.717, 1.165) is 6.42 Å². The van der Waals surface area contributed by atoms with Crippen LogP contribution in [0.5, 0.6) is 0 Å². The van der Waals surface area contributed by atoms with Crippen LogP contribution in [0.3, 0.4) is 0 Å². The predicted molar refractivity (Wildman–Crippen MR) is 85.9 cm³/mol. The van der Waals surface area contributed by atoms with E-state index < -0.39 is 0 Å². The number of benzene rings is 1. The van der Waals surface area contributed by atoms with Crippen molar-refractivity contribution in [3.63, 3.8) is 0 Å². The number of aliphatic hydroxyl groups excluding tert-OH is 1. The molecule has 124 valence electrons. The number of hydrogen-bond donors (Lipinski definition) is 3. The summed E-state index contributed by atoms with van der Waals surface area (Å²) in [6.45, 7) is 1.07. The Morgan fingerprint density at radius 2 is 2.09 bits per heavy atom. The quantitative estimate of drug-likeness (QED) is 0.680. The lowest BCUT2D eigenvalue weighted by molar-refractivity contribution is -0.128. The Morgan fingerprint density at radius 3 is 2.83 bits per heavy atom. The van der Waals surface area contributed by atoms with Gasteiger partial charge in [0, 0.05) is 38.1 Å². The van der Waals surface area contributed by atoms with Crippen molar-refractivity contribution >= 4 is 11.9 Å². The van der Waals surface area contributed by atoms with Crippen molar-refractivity contribution < 1.29 is 14.7 Å². The molecule has 0 aromatic heterocycles. The topological polar surface area (TPSA) is 81.7 Å². The van der Waals surface area contributed by atoms with E-state index in [4.69, 9.17) is 5.11 Å². The summed E-state index contributed by atoms with van der Waals surface area (Å²) in [5, 5.41) is 14.2. The van der Waals surface area contributed by atoms with Crippen molar-refractivity contribution in [3.05, 3.63) is 35.9 Å². The van der Waals surface area contributed by atoms with E-state index >= 15 is 0 Å². The van der Waals surface area contributed by atoms with Gasteiger partial charge in [0.05, 0.1) is 6.04 Å². The summed E-state index contributed by atoms with van der Waals surface area (Å²) in [6, 6.07) is 10.1. The second-order valence-corrected chi connectivity index (χ2v) is 6.24. The number of amides is 3. The van der Waals surface area contributed by atoms with Gasteiger partial charge in [0.15, 0.2) is 0 Å². The second-order valence-electron chi connectivity index (χ2n) is 6.24. The van der Waals surface area contributed by atoms with Crippen molar-refractivity contribution in [2.45, 2.75) is 37.3 Å². The fourth-order valence-corrected chi connectivity index (χ4v) is 3.25. The Hall–Kier alpha value is -2.08. The van der Waals surface area contributed by atoms with Crippen LogP contribution in [0.15, 0.2) is 30.3 Å². The normalized spacial score (nSPS) is 26.2. The molecule has 0 bridgehead atoms. The van der Waals surface area contributed by atoms with E-state index in [1.54, 1.807) is 0 Å². The van der Waals surface area contributed by atoms with Gasteiger partial charge < -0.3 is 20.6 Å². The third-order valence-corrected chi connectivity index (χ3v) is 4.50. The molecule has 0 spiro atoms. The maximum atomic E-state index is 12.2. The molecule has 0 radical (unpaired) electrons. The van der Waals surface area contributed by atoms with Crippen LogP contribution in [0.2, 0.25) is 0 Å². The molecule has 1 aliphatic heterocycles. The minimum absolute atomic E-state index is 0.0541. The van der Waals surface area contributed by atoms with Gasteiger partial charge in [-0.15, -0.1) is 0 Å². The highest BCUT2D eigenvalue weighted by Crippen LogP contribution is 2.45. The number of nitrogens with one attached hydrogen (secondary N) is 2.